The summed E-state index contributed by atoms with van der Waals surface area (Å²) < 4.78 is 94.1. The summed E-state index contributed by atoms with van der Waals surface area (Å²) in [7, 11) is 0. The number of hydrogen-bond acceptors (Lipinski definition) is 5. The Balaban J connectivity index is 0.00000588. The standard InChI is InChI=1S/C58H41N4O2.Pt/c1-58(2,3)40-32-33-59-53(34-40)62-47-28-12-10-24-45(47)54-50(62)36-52(55-46-25-11-15-31-51(46)64-57(54)55)63-42-23-16-22-41(35-42)60-37-61(49-30-14-13-29-48(49)60)56-43(38-18-6-4-7-19-38)26-17-27-44(56)39-20-8-5-9-21-39;/h4-34,37H,1-3H3;/q-3;/i4D,5D,6D,7D,8D,9D,18D,19D,20D;. The second-order valence-corrected chi connectivity index (χ2v) is 16.6. The Morgan fingerprint density at radius 2 is 1.35 bits per heavy atom. The van der Waals surface area contributed by atoms with E-state index in [-0.39, 0.29) is 55.3 Å². The maximum absolute atomic E-state index is 9.07. The first-order chi connectivity index (χ1) is 35.1. The molecule has 8 aromatic carbocycles. The molecule has 65 heavy (non-hydrogen) atoms. The molecule has 0 bridgehead atoms. The van der Waals surface area contributed by atoms with Crippen LogP contribution < -0.4 is 14.5 Å². The van der Waals surface area contributed by atoms with Gasteiger partial charge in [-0.05, 0) is 74.7 Å². The zero-order valence-electron chi connectivity index (χ0n) is 44.2. The van der Waals surface area contributed by atoms with Crippen molar-refractivity contribution in [1.29, 1.82) is 0 Å². The molecule has 11 aromatic rings. The summed E-state index contributed by atoms with van der Waals surface area (Å²) in [6, 6.07) is 43.0. The summed E-state index contributed by atoms with van der Waals surface area (Å²) in [6.07, 6.45) is 1.83. The van der Waals surface area contributed by atoms with Gasteiger partial charge >= 0.3 is 0 Å². The van der Waals surface area contributed by atoms with Crippen LogP contribution in [0.15, 0.2) is 192 Å². The summed E-state index contributed by atoms with van der Waals surface area (Å²) in [6.45, 7) is 8.31. The number of fused-ring (bicyclic) bond motifs is 8. The van der Waals surface area contributed by atoms with Crippen molar-refractivity contribution in [3.63, 3.8) is 0 Å². The van der Waals surface area contributed by atoms with Crippen molar-refractivity contribution in [3.8, 4) is 39.6 Å². The average molecular weight is 1030 g/mol. The molecule has 0 amide bonds. The average Bonchev–Trinajstić information content (AvgIpc) is 4.08. The maximum atomic E-state index is 9.07. The molecule has 318 valence electrons. The molecule has 0 spiro atoms. The van der Waals surface area contributed by atoms with Crippen LogP contribution in [0.25, 0.3) is 71.8 Å². The summed E-state index contributed by atoms with van der Waals surface area (Å²) >= 11 is 0. The van der Waals surface area contributed by atoms with E-state index in [9.17, 15) is 0 Å². The Kier molecular flexibility index (Phi) is 7.74. The summed E-state index contributed by atoms with van der Waals surface area (Å²) in [4.78, 5) is 8.60. The number of pyridine rings is 1. The van der Waals surface area contributed by atoms with Gasteiger partial charge in [0.05, 0.1) is 12.3 Å². The van der Waals surface area contributed by atoms with Gasteiger partial charge in [-0.3, -0.25) is 0 Å². The van der Waals surface area contributed by atoms with E-state index in [0.717, 1.165) is 38.4 Å². The Morgan fingerprint density at radius 1 is 0.662 bits per heavy atom. The number of nitrogens with zero attached hydrogens (tertiary/aromatic N) is 4. The summed E-state index contributed by atoms with van der Waals surface area (Å²) in [5.74, 6) is 1.50. The minimum atomic E-state index is -0.542. The number of furan rings is 1. The molecule has 0 aliphatic carbocycles. The molecular weight excluding hydrogens is 980 g/mol. The molecule has 0 fully saturated rings. The van der Waals surface area contributed by atoms with Crippen molar-refractivity contribution in [1.82, 2.24) is 9.55 Å². The van der Waals surface area contributed by atoms with Crippen molar-refractivity contribution in [2.75, 3.05) is 9.80 Å². The molecule has 7 heteroatoms. The molecular formula is C58H41N4O2Pt-3. The number of ether oxygens (including phenoxy) is 1. The molecule has 12 rings (SSSR count). The first-order valence-corrected chi connectivity index (χ1v) is 20.9. The van der Waals surface area contributed by atoms with Gasteiger partial charge in [-0.1, -0.05) is 159 Å². The van der Waals surface area contributed by atoms with Crippen LogP contribution in [-0.4, -0.2) is 9.55 Å². The van der Waals surface area contributed by atoms with Gasteiger partial charge in [0, 0.05) is 78.0 Å². The summed E-state index contributed by atoms with van der Waals surface area (Å²) in [5, 5.41) is 3.42. The van der Waals surface area contributed by atoms with Gasteiger partial charge in [0.1, 0.15) is 11.4 Å². The number of benzene rings is 8. The van der Waals surface area contributed by atoms with Crippen LogP contribution in [0.3, 0.4) is 0 Å². The molecule has 0 atom stereocenters. The van der Waals surface area contributed by atoms with Crippen molar-refractivity contribution in [2.45, 2.75) is 26.2 Å². The molecule has 3 aromatic heterocycles. The number of aromatic nitrogens is 2. The Labute approximate surface area is 404 Å². The zero-order valence-corrected chi connectivity index (χ0v) is 37.5. The largest absolute Gasteiger partial charge is 0.508 e. The van der Waals surface area contributed by atoms with Gasteiger partial charge < -0.3 is 23.5 Å². The molecule has 6 nitrogen and oxygen atoms in total. The SMILES string of the molecule is [2H]c1cc(-c2cccc(-c3c([2H])c([2H])c([2H])c([2H])c3[2H])c2N2[CH-]N(c3[c-]c(Oc4[c-]c5c(c6ccccc6n5-c5cc(C(C)(C)C)ccn5)c5oc6ccccc6c45)ccc3)c3ccccc32)c([2H])c([2H])c1[2H].[Pt]. The van der Waals surface area contributed by atoms with Crippen molar-refractivity contribution < 1.29 is 42.6 Å². The van der Waals surface area contributed by atoms with Crippen molar-refractivity contribution in [2.24, 2.45) is 0 Å². The predicted molar refractivity (Wildman–Crippen MR) is 261 cm³/mol. The summed E-state index contributed by atoms with van der Waals surface area (Å²) in [5.41, 5.74) is 6.82. The number of rotatable bonds is 7. The van der Waals surface area contributed by atoms with E-state index >= 15 is 0 Å². The molecule has 0 unspecified atom stereocenters. The second kappa shape index (κ2) is 16.0. The van der Waals surface area contributed by atoms with E-state index in [1.807, 2.05) is 101 Å². The van der Waals surface area contributed by atoms with Crippen LogP contribution in [-0.2, 0) is 26.5 Å². The van der Waals surface area contributed by atoms with Gasteiger partial charge in [0.15, 0.2) is 0 Å². The van der Waals surface area contributed by atoms with Gasteiger partial charge in [-0.15, -0.1) is 36.6 Å². The van der Waals surface area contributed by atoms with Crippen molar-refractivity contribution in [3.05, 3.63) is 212 Å². The fraction of sp³-hybridized carbons (Fsp3) is 0.0690. The van der Waals surface area contributed by atoms with Gasteiger partial charge in [-0.2, -0.15) is 6.07 Å². The first kappa shape index (κ1) is 31.4. The minimum Gasteiger partial charge on any atom is -0.508 e. The van der Waals surface area contributed by atoms with Crippen LogP contribution in [0, 0.1) is 18.8 Å². The third-order valence-corrected chi connectivity index (χ3v) is 11.7. The van der Waals surface area contributed by atoms with E-state index in [1.165, 1.54) is 6.07 Å². The van der Waals surface area contributed by atoms with Crippen LogP contribution in [0.4, 0.5) is 22.7 Å². The first-order valence-electron chi connectivity index (χ1n) is 25.4. The van der Waals surface area contributed by atoms with Crippen LogP contribution >= 0.6 is 0 Å². The number of hydrogen-bond donors (Lipinski definition) is 0. The van der Waals surface area contributed by atoms with Crippen LogP contribution in [0.1, 0.15) is 38.7 Å². The van der Waals surface area contributed by atoms with E-state index in [0.29, 0.717) is 56.5 Å². The Hall–Kier alpha value is -7.40. The third-order valence-electron chi connectivity index (χ3n) is 11.7. The molecule has 1 aliphatic rings. The molecule has 0 saturated carbocycles. The third kappa shape index (κ3) is 6.79. The van der Waals surface area contributed by atoms with Crippen LogP contribution in [0.5, 0.6) is 11.5 Å². The van der Waals surface area contributed by atoms with E-state index in [2.05, 4.69) is 55.7 Å². The monoisotopic (exact) mass is 1030 g/mol. The zero-order chi connectivity index (χ0) is 50.8. The van der Waals surface area contributed by atoms with E-state index < -0.39 is 42.3 Å². The van der Waals surface area contributed by atoms with Crippen molar-refractivity contribution >= 4 is 66.5 Å². The number of para-hydroxylation sites is 5. The normalized spacial score (nSPS) is 14.5. The van der Waals surface area contributed by atoms with E-state index in [4.69, 9.17) is 26.5 Å². The van der Waals surface area contributed by atoms with Gasteiger partial charge in [0.2, 0.25) is 0 Å². The molecule has 0 saturated heterocycles. The molecule has 0 radical (unpaired) electrons. The maximum Gasteiger partial charge on any atom is 0.135 e. The number of anilines is 4. The van der Waals surface area contributed by atoms with Gasteiger partial charge in [0.25, 0.3) is 0 Å². The fourth-order valence-corrected chi connectivity index (χ4v) is 8.79. The Morgan fingerprint density at radius 3 is 2.17 bits per heavy atom. The smallest absolute Gasteiger partial charge is 0.135 e. The molecule has 0 N–H and O–H groups in total. The van der Waals surface area contributed by atoms with Gasteiger partial charge in [-0.25, -0.2) is 4.98 Å². The second-order valence-electron chi connectivity index (χ2n) is 16.6. The molecule has 1 aliphatic heterocycles. The topological polar surface area (TPSA) is 46.7 Å². The van der Waals surface area contributed by atoms with Crippen LogP contribution in [0.2, 0.25) is 0 Å². The molecule has 4 heterocycles. The van der Waals surface area contributed by atoms with E-state index in [1.54, 1.807) is 24.9 Å². The quantitative estimate of drug-likeness (QED) is 0.149. The predicted octanol–water partition coefficient (Wildman–Crippen LogP) is 15.5. The Bertz CT molecular complexity index is 4100. The fourth-order valence-electron chi connectivity index (χ4n) is 8.79. The minimum absolute atomic E-state index is 0.